The Bertz CT molecular complexity index is 777. The number of aromatic nitrogens is 2. The minimum atomic E-state index is -0.609. The fourth-order valence-electron chi connectivity index (χ4n) is 2.83. The Morgan fingerprint density at radius 3 is 2.73 bits per heavy atom. The van der Waals surface area contributed by atoms with Crippen molar-refractivity contribution in [2.75, 3.05) is 6.61 Å². The van der Waals surface area contributed by atoms with Crippen molar-refractivity contribution in [1.82, 2.24) is 9.55 Å². The van der Waals surface area contributed by atoms with Crippen molar-refractivity contribution in [1.29, 1.82) is 0 Å². The normalized spacial score (nSPS) is 16.6. The summed E-state index contributed by atoms with van der Waals surface area (Å²) in [5.41, 5.74) is 1.61. The molecule has 0 radical (unpaired) electrons. The molecule has 2 aromatic rings. The van der Waals surface area contributed by atoms with E-state index in [9.17, 15) is 13.6 Å². The highest BCUT2D eigenvalue weighted by molar-refractivity contribution is 7.71. The molecule has 1 aromatic carbocycles. The van der Waals surface area contributed by atoms with Gasteiger partial charge in [0.05, 0.1) is 12.3 Å². The van der Waals surface area contributed by atoms with Crippen molar-refractivity contribution in [2.45, 2.75) is 25.8 Å². The molecule has 0 fully saturated rings. The van der Waals surface area contributed by atoms with Crippen molar-refractivity contribution >= 4 is 18.2 Å². The fraction of sp³-hybridized carbons (Fsp3) is 0.333. The number of hydrogen-bond acceptors (Lipinski definition) is 3. The highest BCUT2D eigenvalue weighted by Crippen LogP contribution is 2.32. The van der Waals surface area contributed by atoms with Gasteiger partial charge in [0.1, 0.15) is 17.3 Å². The minimum Gasteiger partial charge on any atom is -0.461 e. The molecule has 0 amide bonds. The molecule has 3 rings (SSSR count). The standard InChI is InChI=1S/C15H14F2N2O2S/c1-2-21-14(20)13-12-5-9(7-19(12)15(22)18-13)8-3-10(16)6-11(17)4-8/h3-4,6,9H,2,5,7H2,1H3,(H,18,22)/t9-/m1/s1. The summed E-state index contributed by atoms with van der Waals surface area (Å²) in [6.45, 7) is 2.47. The molecule has 4 nitrogen and oxygen atoms in total. The van der Waals surface area contributed by atoms with Crippen LogP contribution >= 0.6 is 12.2 Å². The van der Waals surface area contributed by atoms with E-state index in [0.717, 1.165) is 11.8 Å². The molecule has 0 saturated heterocycles. The van der Waals surface area contributed by atoms with E-state index in [1.807, 2.05) is 0 Å². The van der Waals surface area contributed by atoms with E-state index in [4.69, 9.17) is 17.0 Å². The van der Waals surface area contributed by atoms with Crippen LogP contribution in [0.5, 0.6) is 0 Å². The Morgan fingerprint density at radius 2 is 2.09 bits per heavy atom. The number of esters is 1. The van der Waals surface area contributed by atoms with Gasteiger partial charge in [0.2, 0.25) is 0 Å². The van der Waals surface area contributed by atoms with Crippen LogP contribution in [0.4, 0.5) is 8.78 Å². The first kappa shape index (κ1) is 14.9. The summed E-state index contributed by atoms with van der Waals surface area (Å²) in [4.78, 5) is 14.8. The summed E-state index contributed by atoms with van der Waals surface area (Å²) >= 11 is 5.21. The molecule has 2 heterocycles. The second-order valence-corrected chi connectivity index (χ2v) is 5.57. The van der Waals surface area contributed by atoms with Gasteiger partial charge in [-0.15, -0.1) is 0 Å². The molecular formula is C15H14F2N2O2S. The molecule has 22 heavy (non-hydrogen) atoms. The van der Waals surface area contributed by atoms with Gasteiger partial charge in [-0.25, -0.2) is 13.6 Å². The quantitative estimate of drug-likeness (QED) is 0.696. The van der Waals surface area contributed by atoms with E-state index in [2.05, 4.69) is 4.98 Å². The lowest BCUT2D eigenvalue weighted by Crippen LogP contribution is -2.08. The average Bonchev–Trinajstić information content (AvgIpc) is 2.99. The highest BCUT2D eigenvalue weighted by Gasteiger charge is 2.30. The predicted molar refractivity (Wildman–Crippen MR) is 78.4 cm³/mol. The largest absolute Gasteiger partial charge is 0.461 e. The first-order chi connectivity index (χ1) is 10.5. The molecule has 0 spiro atoms. The Balaban J connectivity index is 1.94. The molecule has 7 heteroatoms. The average molecular weight is 324 g/mol. The zero-order valence-corrected chi connectivity index (χ0v) is 12.7. The Labute approximate surface area is 130 Å². The zero-order chi connectivity index (χ0) is 15.9. The summed E-state index contributed by atoms with van der Waals surface area (Å²) in [7, 11) is 0. The van der Waals surface area contributed by atoms with Crippen LogP contribution in [0.1, 0.15) is 34.6 Å². The van der Waals surface area contributed by atoms with Gasteiger partial charge in [-0.2, -0.15) is 0 Å². The maximum atomic E-state index is 13.4. The Hall–Kier alpha value is -2.02. The van der Waals surface area contributed by atoms with Crippen LogP contribution in [-0.4, -0.2) is 22.1 Å². The number of fused-ring (bicyclic) bond motifs is 1. The van der Waals surface area contributed by atoms with Crippen molar-refractivity contribution in [3.05, 3.63) is 51.6 Å². The number of benzene rings is 1. The Kier molecular flexibility index (Phi) is 3.82. The molecule has 1 atom stereocenters. The number of imidazole rings is 1. The maximum absolute atomic E-state index is 13.4. The minimum absolute atomic E-state index is 0.121. The van der Waals surface area contributed by atoms with Crippen LogP contribution < -0.4 is 0 Å². The predicted octanol–water partition coefficient (Wildman–Crippen LogP) is 3.34. The van der Waals surface area contributed by atoms with Gasteiger partial charge in [-0.1, -0.05) is 0 Å². The number of ether oxygens (including phenoxy) is 1. The van der Waals surface area contributed by atoms with Gasteiger partial charge in [0, 0.05) is 18.5 Å². The second-order valence-electron chi connectivity index (χ2n) is 5.19. The second kappa shape index (κ2) is 5.64. The van der Waals surface area contributed by atoms with Crippen molar-refractivity contribution < 1.29 is 18.3 Å². The number of aromatic amines is 1. The van der Waals surface area contributed by atoms with E-state index in [-0.39, 0.29) is 12.5 Å². The van der Waals surface area contributed by atoms with Crippen LogP contribution in [0.3, 0.4) is 0 Å². The van der Waals surface area contributed by atoms with Crippen molar-refractivity contribution in [2.24, 2.45) is 0 Å². The third kappa shape index (κ3) is 2.56. The van der Waals surface area contributed by atoms with Crippen LogP contribution in [-0.2, 0) is 17.7 Å². The summed E-state index contributed by atoms with van der Waals surface area (Å²) in [5, 5.41) is 0. The molecule has 1 N–H and O–H groups in total. The molecule has 0 saturated carbocycles. The molecular weight excluding hydrogens is 310 g/mol. The molecule has 0 unspecified atom stereocenters. The number of rotatable bonds is 3. The number of H-pyrrole nitrogens is 1. The lowest BCUT2D eigenvalue weighted by molar-refractivity contribution is 0.0518. The van der Waals surface area contributed by atoms with E-state index < -0.39 is 17.6 Å². The van der Waals surface area contributed by atoms with Gasteiger partial charge in [0.15, 0.2) is 4.77 Å². The van der Waals surface area contributed by atoms with Gasteiger partial charge < -0.3 is 14.3 Å². The van der Waals surface area contributed by atoms with Crippen molar-refractivity contribution in [3.8, 4) is 0 Å². The lowest BCUT2D eigenvalue weighted by atomic mass is 9.96. The highest BCUT2D eigenvalue weighted by atomic mass is 32.1. The van der Waals surface area contributed by atoms with Gasteiger partial charge in [0.25, 0.3) is 0 Å². The number of nitrogens with one attached hydrogen (secondary N) is 1. The summed E-state index contributed by atoms with van der Waals surface area (Å²) in [5.74, 6) is -1.80. The van der Waals surface area contributed by atoms with Crippen LogP contribution in [0.25, 0.3) is 0 Å². The summed E-state index contributed by atoms with van der Waals surface area (Å²) in [6, 6.07) is 3.48. The lowest BCUT2D eigenvalue weighted by Gasteiger charge is -2.10. The first-order valence-corrected chi connectivity index (χ1v) is 7.35. The molecule has 116 valence electrons. The fourth-order valence-corrected chi connectivity index (χ4v) is 3.12. The molecule has 1 aromatic heterocycles. The molecule has 0 bridgehead atoms. The monoisotopic (exact) mass is 324 g/mol. The first-order valence-electron chi connectivity index (χ1n) is 6.94. The smallest absolute Gasteiger partial charge is 0.356 e. The van der Waals surface area contributed by atoms with Crippen LogP contribution in [0.2, 0.25) is 0 Å². The zero-order valence-electron chi connectivity index (χ0n) is 11.9. The molecule has 1 aliphatic heterocycles. The maximum Gasteiger partial charge on any atom is 0.356 e. The van der Waals surface area contributed by atoms with E-state index in [1.165, 1.54) is 12.1 Å². The van der Waals surface area contributed by atoms with Crippen LogP contribution in [0, 0.1) is 16.4 Å². The number of carbonyl (C=O) groups is 1. The third-order valence-corrected chi connectivity index (χ3v) is 4.09. The van der Waals surface area contributed by atoms with E-state index >= 15 is 0 Å². The van der Waals surface area contributed by atoms with Gasteiger partial charge >= 0.3 is 5.97 Å². The van der Waals surface area contributed by atoms with Gasteiger partial charge in [-0.05, 0) is 43.3 Å². The Morgan fingerprint density at radius 1 is 1.41 bits per heavy atom. The number of halogens is 2. The van der Waals surface area contributed by atoms with E-state index in [1.54, 1.807) is 11.5 Å². The third-order valence-electron chi connectivity index (χ3n) is 3.77. The van der Waals surface area contributed by atoms with Gasteiger partial charge in [-0.3, -0.25) is 0 Å². The molecule has 0 aliphatic carbocycles. The van der Waals surface area contributed by atoms with E-state index in [0.29, 0.717) is 29.0 Å². The van der Waals surface area contributed by atoms with Crippen LogP contribution in [0.15, 0.2) is 18.2 Å². The number of nitrogens with zero attached hydrogens (tertiary/aromatic N) is 1. The topological polar surface area (TPSA) is 47.0 Å². The number of carbonyl (C=O) groups excluding carboxylic acids is 1. The number of hydrogen-bond donors (Lipinski definition) is 1. The SMILES string of the molecule is CCOC(=O)c1[nH]c(=S)n2c1C[C@@H](c1cc(F)cc(F)c1)C2. The van der Waals surface area contributed by atoms with Crippen molar-refractivity contribution in [3.63, 3.8) is 0 Å². The molecule has 1 aliphatic rings. The summed E-state index contributed by atoms with van der Waals surface area (Å²) < 4.78 is 33.9. The summed E-state index contributed by atoms with van der Waals surface area (Å²) in [6.07, 6.45) is 0.476.